The SMILES string of the molecule is COCCS(=O)(=O)C(C(=O)CCC(=O)NC1CC1)c1nc2ccc(-c3ccc(C(=O)N4CC[C@@H](CO)C4)cc3)cc2s1. The van der Waals surface area contributed by atoms with Gasteiger partial charge < -0.3 is 20.1 Å². The van der Waals surface area contributed by atoms with Crippen LogP contribution >= 0.6 is 11.3 Å². The van der Waals surface area contributed by atoms with Gasteiger partial charge in [0.2, 0.25) is 5.91 Å². The normalized spacial score (nSPS) is 17.9. The van der Waals surface area contributed by atoms with Crippen molar-refractivity contribution in [3.05, 3.63) is 53.0 Å². The number of benzene rings is 2. The van der Waals surface area contributed by atoms with Crippen molar-refractivity contribution in [1.29, 1.82) is 0 Å². The van der Waals surface area contributed by atoms with Gasteiger partial charge in [-0.3, -0.25) is 14.4 Å². The molecule has 1 aliphatic carbocycles. The van der Waals surface area contributed by atoms with Crippen LogP contribution in [0.25, 0.3) is 21.3 Å². The van der Waals surface area contributed by atoms with Crippen LogP contribution in [0, 0.1) is 5.92 Å². The van der Waals surface area contributed by atoms with Gasteiger partial charge in [0.15, 0.2) is 20.9 Å². The lowest BCUT2D eigenvalue weighted by Gasteiger charge is -2.16. The number of rotatable bonds is 13. The maximum absolute atomic E-state index is 13.3. The third kappa shape index (κ3) is 7.05. The number of hydrogen-bond donors (Lipinski definition) is 2. The zero-order chi connectivity index (χ0) is 29.9. The van der Waals surface area contributed by atoms with Crippen LogP contribution in [-0.4, -0.2) is 86.2 Å². The van der Waals surface area contributed by atoms with Crippen molar-refractivity contribution in [2.75, 3.05) is 39.2 Å². The van der Waals surface area contributed by atoms with E-state index < -0.39 is 20.9 Å². The number of likely N-dealkylation sites (tertiary alicyclic amines) is 1. The van der Waals surface area contributed by atoms with Crippen molar-refractivity contribution in [3.63, 3.8) is 0 Å². The number of aromatic nitrogens is 1. The lowest BCUT2D eigenvalue weighted by Crippen LogP contribution is -2.29. The predicted octanol–water partition coefficient (Wildman–Crippen LogP) is 3.15. The molecule has 3 aromatic rings. The minimum Gasteiger partial charge on any atom is -0.396 e. The molecular formula is C30H35N3O7S2. The molecule has 0 spiro atoms. The fourth-order valence-electron chi connectivity index (χ4n) is 5.09. The number of sulfone groups is 1. The van der Waals surface area contributed by atoms with Crippen LogP contribution in [0.5, 0.6) is 0 Å². The number of carbonyl (C=O) groups is 3. The van der Waals surface area contributed by atoms with Gasteiger partial charge in [0.05, 0.1) is 22.6 Å². The maximum atomic E-state index is 13.3. The third-order valence-electron chi connectivity index (χ3n) is 7.69. The van der Waals surface area contributed by atoms with E-state index in [0.717, 1.165) is 46.4 Å². The summed E-state index contributed by atoms with van der Waals surface area (Å²) in [5, 5.41) is 10.9. The number of ether oxygens (including phenoxy) is 1. The summed E-state index contributed by atoms with van der Waals surface area (Å²) in [7, 11) is -2.54. The molecule has 5 rings (SSSR count). The lowest BCUT2D eigenvalue weighted by molar-refractivity contribution is -0.125. The molecule has 2 aromatic carbocycles. The number of methoxy groups -OCH3 is 1. The minimum atomic E-state index is -3.94. The molecule has 1 saturated heterocycles. The molecule has 2 fully saturated rings. The number of aliphatic hydroxyl groups is 1. The van der Waals surface area contributed by atoms with Gasteiger partial charge in [-0.05, 0) is 54.7 Å². The number of fused-ring (bicyclic) bond motifs is 1. The van der Waals surface area contributed by atoms with E-state index in [0.29, 0.717) is 24.2 Å². The third-order valence-corrected chi connectivity index (χ3v) is 10.9. The second-order valence-corrected chi connectivity index (χ2v) is 14.2. The number of nitrogens with one attached hydrogen (secondary N) is 1. The number of thiazole rings is 1. The summed E-state index contributed by atoms with van der Waals surface area (Å²) >= 11 is 1.15. The molecule has 1 unspecified atom stereocenters. The predicted molar refractivity (Wildman–Crippen MR) is 160 cm³/mol. The van der Waals surface area contributed by atoms with E-state index in [9.17, 15) is 27.9 Å². The molecular weight excluding hydrogens is 578 g/mol. The molecule has 2 N–H and O–H groups in total. The quantitative estimate of drug-likeness (QED) is 0.299. The molecule has 10 nitrogen and oxygen atoms in total. The Morgan fingerprint density at radius 1 is 1.10 bits per heavy atom. The largest absolute Gasteiger partial charge is 0.396 e. The van der Waals surface area contributed by atoms with E-state index in [1.165, 1.54) is 7.11 Å². The number of ketones is 1. The fourth-order valence-corrected chi connectivity index (χ4v) is 8.20. The van der Waals surface area contributed by atoms with Crippen LogP contribution in [0.4, 0.5) is 0 Å². The van der Waals surface area contributed by atoms with Crippen LogP contribution in [-0.2, 0) is 24.2 Å². The van der Waals surface area contributed by atoms with E-state index in [-0.39, 0.29) is 60.6 Å². The summed E-state index contributed by atoms with van der Waals surface area (Å²) in [5.41, 5.74) is 2.89. The van der Waals surface area contributed by atoms with E-state index in [2.05, 4.69) is 10.3 Å². The van der Waals surface area contributed by atoms with Gasteiger partial charge in [-0.15, -0.1) is 11.3 Å². The summed E-state index contributed by atoms with van der Waals surface area (Å²) in [4.78, 5) is 44.6. The fraction of sp³-hybridized carbons (Fsp3) is 0.467. The summed E-state index contributed by atoms with van der Waals surface area (Å²) in [6, 6.07) is 13.0. The first-order chi connectivity index (χ1) is 20.2. The molecule has 1 aromatic heterocycles. The molecule has 1 saturated carbocycles. The average Bonchev–Trinajstić information content (AvgIpc) is 3.49. The maximum Gasteiger partial charge on any atom is 0.253 e. The van der Waals surface area contributed by atoms with Crippen LogP contribution < -0.4 is 5.32 Å². The van der Waals surface area contributed by atoms with Crippen molar-refractivity contribution >= 4 is 49.0 Å². The van der Waals surface area contributed by atoms with Crippen LogP contribution in [0.2, 0.25) is 0 Å². The Bertz CT molecular complexity index is 1570. The second kappa shape index (κ2) is 13.0. The lowest BCUT2D eigenvalue weighted by atomic mass is 10.0. The number of carbonyl (C=O) groups excluding carboxylic acids is 3. The van der Waals surface area contributed by atoms with Gasteiger partial charge in [-0.25, -0.2) is 13.4 Å². The van der Waals surface area contributed by atoms with Crippen molar-refractivity contribution < 1.29 is 32.6 Å². The van der Waals surface area contributed by atoms with Crippen molar-refractivity contribution in [1.82, 2.24) is 15.2 Å². The Hall–Kier alpha value is -3.19. The Morgan fingerprint density at radius 3 is 2.50 bits per heavy atom. The first-order valence-electron chi connectivity index (χ1n) is 14.1. The van der Waals surface area contributed by atoms with Gasteiger partial charge in [0.1, 0.15) is 5.01 Å². The number of aliphatic hydroxyl groups excluding tert-OH is 1. The Kier molecular flexibility index (Phi) is 9.36. The van der Waals surface area contributed by atoms with E-state index >= 15 is 0 Å². The molecule has 0 radical (unpaired) electrons. The number of hydrogen-bond acceptors (Lipinski definition) is 9. The monoisotopic (exact) mass is 613 g/mol. The molecule has 12 heteroatoms. The highest BCUT2D eigenvalue weighted by Crippen LogP contribution is 2.35. The number of nitrogens with zero attached hydrogens (tertiary/aromatic N) is 2. The highest BCUT2D eigenvalue weighted by molar-refractivity contribution is 7.92. The van der Waals surface area contributed by atoms with Crippen LogP contribution in [0.1, 0.15) is 52.7 Å². The first kappa shape index (κ1) is 30.3. The van der Waals surface area contributed by atoms with E-state index in [1.807, 2.05) is 24.3 Å². The molecule has 2 amide bonds. The molecule has 42 heavy (non-hydrogen) atoms. The smallest absolute Gasteiger partial charge is 0.253 e. The summed E-state index contributed by atoms with van der Waals surface area (Å²) in [6.07, 6.45) is 2.38. The molecule has 2 aliphatic rings. The van der Waals surface area contributed by atoms with Gasteiger partial charge in [0.25, 0.3) is 5.91 Å². The van der Waals surface area contributed by atoms with Crippen LogP contribution in [0.15, 0.2) is 42.5 Å². The van der Waals surface area contributed by atoms with Gasteiger partial charge in [-0.2, -0.15) is 0 Å². The van der Waals surface area contributed by atoms with Crippen LogP contribution in [0.3, 0.4) is 0 Å². The summed E-state index contributed by atoms with van der Waals surface area (Å²) in [6.45, 7) is 1.21. The van der Waals surface area contributed by atoms with E-state index in [4.69, 9.17) is 4.74 Å². The first-order valence-corrected chi connectivity index (χ1v) is 16.7. The molecule has 2 heterocycles. The molecule has 1 aliphatic heterocycles. The number of Topliss-reactive ketones (excluding diaryl/α,β-unsaturated/α-hetero) is 1. The Labute approximate surface area is 249 Å². The number of amides is 2. The van der Waals surface area contributed by atoms with Crippen molar-refractivity contribution in [2.24, 2.45) is 5.92 Å². The average molecular weight is 614 g/mol. The highest BCUT2D eigenvalue weighted by atomic mass is 32.2. The van der Waals surface area contributed by atoms with E-state index in [1.54, 1.807) is 23.1 Å². The molecule has 0 bridgehead atoms. The highest BCUT2D eigenvalue weighted by Gasteiger charge is 2.37. The van der Waals surface area contributed by atoms with Gasteiger partial charge in [0, 0.05) is 57.2 Å². The second-order valence-electron chi connectivity index (χ2n) is 10.9. The minimum absolute atomic E-state index is 0.0540. The summed E-state index contributed by atoms with van der Waals surface area (Å²) < 4.78 is 32.2. The zero-order valence-corrected chi connectivity index (χ0v) is 25.1. The Morgan fingerprint density at radius 2 is 1.83 bits per heavy atom. The van der Waals surface area contributed by atoms with Gasteiger partial charge >= 0.3 is 0 Å². The molecule has 2 atom stereocenters. The standard InChI is InChI=1S/C30H35N3O7S2/c1-40-14-15-42(38,39)28(25(35)10-11-27(36)31-23-7-8-23)29-32-24-9-6-22(16-26(24)41-29)20-2-4-21(5-3-20)30(37)33-13-12-19(17-33)18-34/h2-6,9,16,19,23,28,34H,7-8,10-15,17-18H2,1H3,(H,31,36)/t19-,28?/m1/s1. The summed E-state index contributed by atoms with van der Waals surface area (Å²) in [5.74, 6) is -1.08. The topological polar surface area (TPSA) is 143 Å². The zero-order valence-electron chi connectivity index (χ0n) is 23.5. The van der Waals surface area contributed by atoms with Gasteiger partial charge in [-0.1, -0.05) is 18.2 Å². The molecule has 224 valence electrons. The van der Waals surface area contributed by atoms with Crippen molar-refractivity contribution in [3.8, 4) is 11.1 Å². The van der Waals surface area contributed by atoms with Crippen molar-refractivity contribution in [2.45, 2.75) is 43.4 Å². The Balaban J connectivity index is 1.35.